The maximum absolute atomic E-state index is 12.2. The quantitative estimate of drug-likeness (QED) is 0.468. The van der Waals surface area contributed by atoms with Crippen LogP contribution >= 0.6 is 11.6 Å². The normalized spacial score (nSPS) is 25.8. The molecule has 1 saturated heterocycles. The van der Waals surface area contributed by atoms with E-state index in [1.54, 1.807) is 7.11 Å². The van der Waals surface area contributed by atoms with Crippen LogP contribution in [0.4, 0.5) is 0 Å². The summed E-state index contributed by atoms with van der Waals surface area (Å²) in [5.74, 6) is 0.939. The van der Waals surface area contributed by atoms with Crippen molar-refractivity contribution in [2.75, 3.05) is 46.9 Å². The van der Waals surface area contributed by atoms with Crippen molar-refractivity contribution < 1.29 is 14.6 Å². The van der Waals surface area contributed by atoms with Crippen molar-refractivity contribution in [3.63, 3.8) is 0 Å². The smallest absolute Gasteiger partial charge is 0.119 e. The third-order valence-corrected chi connectivity index (χ3v) is 8.30. The van der Waals surface area contributed by atoms with E-state index in [9.17, 15) is 5.11 Å². The molecule has 2 aliphatic rings. The number of likely N-dealkylation sites (N-methyl/N-ethyl adjacent to an activating group) is 1. The van der Waals surface area contributed by atoms with Crippen LogP contribution in [-0.4, -0.2) is 67.9 Å². The first kappa shape index (κ1) is 25.5. The summed E-state index contributed by atoms with van der Waals surface area (Å²) in [6.07, 6.45) is 2.47. The fraction of sp³-hybridized carbons (Fsp3) is 0.467. The highest BCUT2D eigenvalue weighted by molar-refractivity contribution is 6.30. The monoisotopic (exact) mass is 508 g/mol. The predicted molar refractivity (Wildman–Crippen MR) is 146 cm³/mol. The number of hydrogen-bond acceptors (Lipinski definition) is 5. The lowest BCUT2D eigenvalue weighted by molar-refractivity contribution is -0.114. The standard InChI is InChI=1S/C30H37ClN2O3/c1-32-12-14-33(15-13-32)20-26-19-29(36-21-22-4-3-5-27(31)16-22)10-11-30(26,34)25-8-6-24-18-28(35-2)9-7-23(24)17-25/h3-9,16-18,26,29,34H,10-15,19-21H2,1-2H3. The van der Waals surface area contributed by atoms with Crippen LogP contribution in [0.2, 0.25) is 5.02 Å². The van der Waals surface area contributed by atoms with Crippen molar-refractivity contribution in [3.8, 4) is 5.75 Å². The van der Waals surface area contributed by atoms with Crippen LogP contribution in [0.3, 0.4) is 0 Å². The van der Waals surface area contributed by atoms with E-state index in [0.717, 1.165) is 78.2 Å². The van der Waals surface area contributed by atoms with Crippen molar-refractivity contribution in [1.29, 1.82) is 0 Å². The van der Waals surface area contributed by atoms with Gasteiger partial charge in [-0.15, -0.1) is 0 Å². The molecule has 1 saturated carbocycles. The summed E-state index contributed by atoms with van der Waals surface area (Å²) in [6, 6.07) is 20.4. The fourth-order valence-electron chi connectivity index (χ4n) is 5.78. The minimum Gasteiger partial charge on any atom is -0.497 e. The molecule has 1 heterocycles. The van der Waals surface area contributed by atoms with Crippen LogP contribution in [0.15, 0.2) is 60.7 Å². The number of nitrogens with zero attached hydrogens (tertiary/aromatic N) is 2. The second kappa shape index (κ2) is 11.1. The second-order valence-electron chi connectivity index (χ2n) is 10.5. The van der Waals surface area contributed by atoms with E-state index in [4.69, 9.17) is 21.1 Å². The molecular formula is C30H37ClN2O3. The molecule has 6 heteroatoms. The van der Waals surface area contributed by atoms with E-state index in [1.165, 1.54) is 0 Å². The summed E-state index contributed by atoms with van der Waals surface area (Å²) >= 11 is 6.17. The van der Waals surface area contributed by atoms with Crippen molar-refractivity contribution in [2.45, 2.75) is 37.6 Å². The lowest BCUT2D eigenvalue weighted by atomic mass is 9.70. The Balaban J connectivity index is 1.37. The number of hydrogen-bond donors (Lipinski definition) is 1. The van der Waals surface area contributed by atoms with Crippen LogP contribution in [0.5, 0.6) is 5.75 Å². The van der Waals surface area contributed by atoms with Crippen molar-refractivity contribution in [2.24, 2.45) is 5.92 Å². The zero-order valence-electron chi connectivity index (χ0n) is 21.3. The summed E-state index contributed by atoms with van der Waals surface area (Å²) in [5, 5.41) is 15.2. The summed E-state index contributed by atoms with van der Waals surface area (Å²) in [6.45, 7) is 5.63. The van der Waals surface area contributed by atoms with Crippen LogP contribution in [0.25, 0.3) is 10.8 Å². The van der Waals surface area contributed by atoms with Gasteiger partial charge in [0.05, 0.1) is 25.4 Å². The molecule has 36 heavy (non-hydrogen) atoms. The topological polar surface area (TPSA) is 45.2 Å². The highest BCUT2D eigenvalue weighted by Crippen LogP contribution is 2.44. The van der Waals surface area contributed by atoms with E-state index >= 15 is 0 Å². The number of ether oxygens (including phenoxy) is 2. The number of benzene rings is 3. The summed E-state index contributed by atoms with van der Waals surface area (Å²) in [5.41, 5.74) is 1.21. The SMILES string of the molecule is COc1ccc2cc(C3(O)CCC(OCc4cccc(Cl)c4)CC3CN3CCN(C)CC3)ccc2c1. The largest absolute Gasteiger partial charge is 0.497 e. The van der Waals surface area contributed by atoms with Gasteiger partial charge in [-0.1, -0.05) is 41.9 Å². The third-order valence-electron chi connectivity index (χ3n) is 8.07. The molecule has 3 unspecified atom stereocenters. The Kier molecular flexibility index (Phi) is 7.85. The van der Waals surface area contributed by atoms with Gasteiger partial charge in [-0.05, 0) is 78.5 Å². The minimum atomic E-state index is -0.882. The van der Waals surface area contributed by atoms with Gasteiger partial charge in [0.1, 0.15) is 5.75 Å². The molecular weight excluding hydrogens is 472 g/mol. The van der Waals surface area contributed by atoms with E-state index in [0.29, 0.717) is 13.0 Å². The molecule has 0 amide bonds. The minimum absolute atomic E-state index is 0.0923. The Morgan fingerprint density at radius 3 is 2.56 bits per heavy atom. The number of methoxy groups -OCH3 is 1. The van der Waals surface area contributed by atoms with Crippen LogP contribution in [0.1, 0.15) is 30.4 Å². The molecule has 3 atom stereocenters. The molecule has 1 N–H and O–H groups in total. The van der Waals surface area contributed by atoms with Gasteiger partial charge >= 0.3 is 0 Å². The molecule has 0 bridgehead atoms. The first-order valence-corrected chi connectivity index (χ1v) is 13.4. The van der Waals surface area contributed by atoms with E-state index < -0.39 is 5.60 Å². The van der Waals surface area contributed by atoms with Crippen molar-refractivity contribution in [1.82, 2.24) is 9.80 Å². The molecule has 5 rings (SSSR count). The Morgan fingerprint density at radius 1 is 1.00 bits per heavy atom. The maximum Gasteiger partial charge on any atom is 0.119 e. The lowest BCUT2D eigenvalue weighted by Crippen LogP contribution is -2.52. The summed E-state index contributed by atoms with van der Waals surface area (Å²) < 4.78 is 11.8. The van der Waals surface area contributed by atoms with Gasteiger partial charge in [-0.3, -0.25) is 0 Å². The van der Waals surface area contributed by atoms with Gasteiger partial charge in [-0.25, -0.2) is 0 Å². The van der Waals surface area contributed by atoms with E-state index in [-0.39, 0.29) is 12.0 Å². The van der Waals surface area contributed by atoms with Crippen LogP contribution < -0.4 is 4.74 Å². The number of piperazine rings is 1. The zero-order chi connectivity index (χ0) is 25.1. The molecule has 1 aliphatic heterocycles. The zero-order valence-corrected chi connectivity index (χ0v) is 22.1. The Hall–Kier alpha value is -2.15. The Labute approximate surface area is 219 Å². The van der Waals surface area contributed by atoms with Gasteiger partial charge in [0.2, 0.25) is 0 Å². The van der Waals surface area contributed by atoms with Gasteiger partial charge in [0.15, 0.2) is 0 Å². The highest BCUT2D eigenvalue weighted by Gasteiger charge is 2.44. The van der Waals surface area contributed by atoms with Crippen molar-refractivity contribution in [3.05, 3.63) is 76.8 Å². The first-order valence-electron chi connectivity index (χ1n) is 13.0. The number of fused-ring (bicyclic) bond motifs is 1. The fourth-order valence-corrected chi connectivity index (χ4v) is 5.99. The average Bonchev–Trinajstić information content (AvgIpc) is 2.90. The molecule has 1 aliphatic carbocycles. The van der Waals surface area contributed by atoms with E-state index in [1.807, 2.05) is 30.3 Å². The van der Waals surface area contributed by atoms with Gasteiger partial charge < -0.3 is 24.4 Å². The summed E-state index contributed by atoms with van der Waals surface area (Å²) in [4.78, 5) is 4.89. The lowest BCUT2D eigenvalue weighted by Gasteiger charge is -2.46. The Bertz CT molecular complexity index is 1180. The molecule has 3 aromatic carbocycles. The first-order chi connectivity index (χ1) is 17.4. The molecule has 192 valence electrons. The Morgan fingerprint density at radius 2 is 1.78 bits per heavy atom. The highest BCUT2D eigenvalue weighted by atomic mass is 35.5. The van der Waals surface area contributed by atoms with Gasteiger partial charge in [0.25, 0.3) is 0 Å². The number of rotatable bonds is 7. The van der Waals surface area contributed by atoms with Crippen LogP contribution in [-0.2, 0) is 16.9 Å². The third kappa shape index (κ3) is 5.71. The van der Waals surface area contributed by atoms with Crippen LogP contribution in [0, 0.1) is 5.92 Å². The molecule has 0 aromatic heterocycles. The van der Waals surface area contributed by atoms with Gasteiger partial charge in [0, 0.05) is 43.7 Å². The predicted octanol–water partition coefficient (Wildman–Crippen LogP) is 5.32. The van der Waals surface area contributed by atoms with Gasteiger partial charge in [-0.2, -0.15) is 0 Å². The maximum atomic E-state index is 12.2. The molecule has 3 aromatic rings. The van der Waals surface area contributed by atoms with Crippen molar-refractivity contribution >= 4 is 22.4 Å². The van der Waals surface area contributed by atoms with E-state index in [2.05, 4.69) is 47.2 Å². The average molecular weight is 509 g/mol. The number of halogens is 1. The molecule has 5 nitrogen and oxygen atoms in total. The molecule has 0 radical (unpaired) electrons. The summed E-state index contributed by atoms with van der Waals surface area (Å²) in [7, 11) is 3.87. The molecule has 2 fully saturated rings. The second-order valence-corrected chi connectivity index (χ2v) is 10.9. The number of aliphatic hydroxyl groups is 1. The molecule has 0 spiro atoms.